The molecule has 0 aromatic carbocycles. The van der Waals surface area contributed by atoms with E-state index < -0.39 is 0 Å². The molecule has 0 saturated carbocycles. The van der Waals surface area contributed by atoms with Gasteiger partial charge < -0.3 is 4.74 Å². The van der Waals surface area contributed by atoms with E-state index in [0.29, 0.717) is 6.61 Å². The van der Waals surface area contributed by atoms with Gasteiger partial charge in [-0.1, -0.05) is 12.1 Å². The Hall–Kier alpha value is -1.64. The third-order valence-corrected chi connectivity index (χ3v) is 2.05. The monoisotopic (exact) mass is 219 g/mol. The van der Waals surface area contributed by atoms with Gasteiger partial charge in [0.1, 0.15) is 0 Å². The lowest BCUT2D eigenvalue weighted by molar-refractivity contribution is -0.141. The number of pyridine rings is 1. The van der Waals surface area contributed by atoms with Crippen LogP contribution in [0.15, 0.2) is 30.5 Å². The number of carbonyl (C=O) groups is 1. The van der Waals surface area contributed by atoms with Crippen molar-refractivity contribution < 1.29 is 9.53 Å². The van der Waals surface area contributed by atoms with E-state index in [1.165, 1.54) is 6.92 Å². The number of carbonyl (C=O) groups excluding carboxylic acids is 1. The number of allylic oxidation sites excluding steroid dienone is 1. The molecule has 0 spiro atoms. The van der Waals surface area contributed by atoms with Crippen LogP contribution in [0.3, 0.4) is 0 Å². The second kappa shape index (κ2) is 7.63. The van der Waals surface area contributed by atoms with Crippen LogP contribution in [0.2, 0.25) is 0 Å². The lowest BCUT2D eigenvalue weighted by Gasteiger charge is -1.99. The van der Waals surface area contributed by atoms with Crippen LogP contribution >= 0.6 is 0 Å². The Morgan fingerprint density at radius 2 is 2.31 bits per heavy atom. The fraction of sp³-hybridized carbons (Fsp3) is 0.385. The summed E-state index contributed by atoms with van der Waals surface area (Å²) in [7, 11) is 0. The maximum absolute atomic E-state index is 10.5. The molecule has 0 atom stereocenters. The van der Waals surface area contributed by atoms with Gasteiger partial charge >= 0.3 is 5.97 Å². The second-order valence-corrected chi connectivity index (χ2v) is 3.49. The van der Waals surface area contributed by atoms with E-state index >= 15 is 0 Å². The molecular weight excluding hydrogens is 202 g/mol. The molecule has 0 aliphatic carbocycles. The van der Waals surface area contributed by atoms with E-state index in [1.54, 1.807) is 6.20 Å². The molecule has 0 N–H and O–H groups in total. The van der Waals surface area contributed by atoms with Crippen molar-refractivity contribution in [3.63, 3.8) is 0 Å². The Bertz CT molecular complexity index is 333. The summed E-state index contributed by atoms with van der Waals surface area (Å²) in [6.07, 6.45) is 8.79. The number of esters is 1. The Kier molecular flexibility index (Phi) is 5.92. The minimum absolute atomic E-state index is 0.205. The topological polar surface area (TPSA) is 39.2 Å². The molecule has 0 fully saturated rings. The SMILES string of the molecule is CC(=O)OCCCC/C=C/c1ccccn1. The molecule has 0 aliphatic heterocycles. The van der Waals surface area contributed by atoms with Crippen molar-refractivity contribution in [1.82, 2.24) is 4.98 Å². The summed E-state index contributed by atoms with van der Waals surface area (Å²) < 4.78 is 4.83. The van der Waals surface area contributed by atoms with Crippen LogP contribution < -0.4 is 0 Å². The van der Waals surface area contributed by atoms with E-state index in [-0.39, 0.29) is 5.97 Å². The van der Waals surface area contributed by atoms with E-state index in [2.05, 4.69) is 11.1 Å². The predicted octanol–water partition coefficient (Wildman–Crippen LogP) is 2.83. The van der Waals surface area contributed by atoms with E-state index in [9.17, 15) is 4.79 Å². The zero-order valence-electron chi connectivity index (χ0n) is 9.56. The number of nitrogens with zero attached hydrogens (tertiary/aromatic N) is 1. The number of ether oxygens (including phenoxy) is 1. The van der Waals surface area contributed by atoms with Crippen molar-refractivity contribution in [3.8, 4) is 0 Å². The third-order valence-electron chi connectivity index (χ3n) is 2.05. The van der Waals surface area contributed by atoms with Crippen LogP contribution in [0.5, 0.6) is 0 Å². The fourth-order valence-corrected chi connectivity index (χ4v) is 1.26. The molecule has 0 saturated heterocycles. The first kappa shape index (κ1) is 12.4. The van der Waals surface area contributed by atoms with E-state index in [0.717, 1.165) is 25.0 Å². The highest BCUT2D eigenvalue weighted by atomic mass is 16.5. The number of aromatic nitrogens is 1. The van der Waals surface area contributed by atoms with Crippen LogP contribution in [0.1, 0.15) is 31.9 Å². The Labute approximate surface area is 96.2 Å². The first-order chi connectivity index (χ1) is 7.79. The molecule has 3 heteroatoms. The highest BCUT2D eigenvalue weighted by Gasteiger charge is 1.91. The summed E-state index contributed by atoms with van der Waals surface area (Å²) >= 11 is 0. The Morgan fingerprint density at radius 1 is 1.44 bits per heavy atom. The third kappa shape index (κ3) is 5.96. The molecule has 86 valence electrons. The highest BCUT2D eigenvalue weighted by Crippen LogP contribution is 2.01. The van der Waals surface area contributed by atoms with Crippen LogP contribution in [-0.4, -0.2) is 17.6 Å². The normalized spacial score (nSPS) is 10.6. The molecule has 0 aliphatic rings. The standard InChI is InChI=1S/C13H17NO2/c1-12(15)16-11-7-3-2-4-8-13-9-5-6-10-14-13/h4-6,8-10H,2-3,7,11H2,1H3/b8-4+. The summed E-state index contributed by atoms with van der Waals surface area (Å²) in [5, 5.41) is 0. The predicted molar refractivity (Wildman–Crippen MR) is 63.8 cm³/mol. The molecule has 1 rings (SSSR count). The van der Waals surface area contributed by atoms with Gasteiger partial charge in [0, 0.05) is 13.1 Å². The molecule has 1 aromatic heterocycles. The van der Waals surface area contributed by atoms with Crippen molar-refractivity contribution in [3.05, 3.63) is 36.2 Å². The number of hydrogen-bond acceptors (Lipinski definition) is 3. The van der Waals surface area contributed by atoms with Crippen molar-refractivity contribution in [2.75, 3.05) is 6.61 Å². The van der Waals surface area contributed by atoms with Crippen molar-refractivity contribution in [2.24, 2.45) is 0 Å². The minimum atomic E-state index is -0.205. The Morgan fingerprint density at radius 3 is 3.00 bits per heavy atom. The minimum Gasteiger partial charge on any atom is -0.466 e. The summed E-state index contributed by atoms with van der Waals surface area (Å²) in [6, 6.07) is 5.83. The quantitative estimate of drug-likeness (QED) is 0.545. The van der Waals surface area contributed by atoms with Crippen molar-refractivity contribution in [2.45, 2.75) is 26.2 Å². The van der Waals surface area contributed by atoms with Gasteiger partial charge in [0.2, 0.25) is 0 Å². The van der Waals surface area contributed by atoms with Gasteiger partial charge in [-0.2, -0.15) is 0 Å². The molecular formula is C13H17NO2. The van der Waals surface area contributed by atoms with E-state index in [4.69, 9.17) is 4.74 Å². The largest absolute Gasteiger partial charge is 0.466 e. The number of unbranched alkanes of at least 4 members (excludes halogenated alkanes) is 2. The first-order valence-corrected chi connectivity index (χ1v) is 5.50. The summed E-state index contributed by atoms with van der Waals surface area (Å²) in [6.45, 7) is 1.95. The molecule has 1 aromatic rings. The lowest BCUT2D eigenvalue weighted by Crippen LogP contribution is -1.99. The molecule has 0 amide bonds. The summed E-state index contributed by atoms with van der Waals surface area (Å²) in [5.74, 6) is -0.205. The van der Waals surface area contributed by atoms with Crippen LogP contribution in [0.4, 0.5) is 0 Å². The van der Waals surface area contributed by atoms with Gasteiger partial charge in [0.25, 0.3) is 0 Å². The first-order valence-electron chi connectivity index (χ1n) is 5.50. The summed E-state index contributed by atoms with van der Waals surface area (Å²) in [5.41, 5.74) is 0.975. The van der Waals surface area contributed by atoms with Gasteiger partial charge in [-0.15, -0.1) is 0 Å². The zero-order valence-corrected chi connectivity index (χ0v) is 9.56. The maximum atomic E-state index is 10.5. The van der Waals surface area contributed by atoms with Gasteiger partial charge in [-0.3, -0.25) is 9.78 Å². The lowest BCUT2D eigenvalue weighted by atomic mass is 10.2. The van der Waals surface area contributed by atoms with Crippen LogP contribution in [0, 0.1) is 0 Å². The molecule has 3 nitrogen and oxygen atoms in total. The van der Waals surface area contributed by atoms with Crippen molar-refractivity contribution in [1.29, 1.82) is 0 Å². The molecule has 1 heterocycles. The molecule has 0 bridgehead atoms. The van der Waals surface area contributed by atoms with Crippen LogP contribution in [-0.2, 0) is 9.53 Å². The molecule has 0 radical (unpaired) electrons. The average Bonchev–Trinajstić information content (AvgIpc) is 2.29. The van der Waals surface area contributed by atoms with Crippen LogP contribution in [0.25, 0.3) is 6.08 Å². The maximum Gasteiger partial charge on any atom is 0.302 e. The van der Waals surface area contributed by atoms with Gasteiger partial charge in [0.05, 0.1) is 12.3 Å². The zero-order chi connectivity index (χ0) is 11.6. The number of rotatable bonds is 6. The van der Waals surface area contributed by atoms with Gasteiger partial charge in [-0.05, 0) is 37.5 Å². The average molecular weight is 219 g/mol. The molecule has 16 heavy (non-hydrogen) atoms. The van der Waals surface area contributed by atoms with Gasteiger partial charge in [0.15, 0.2) is 0 Å². The fourth-order valence-electron chi connectivity index (χ4n) is 1.26. The second-order valence-electron chi connectivity index (χ2n) is 3.49. The summed E-state index contributed by atoms with van der Waals surface area (Å²) in [4.78, 5) is 14.7. The van der Waals surface area contributed by atoms with Gasteiger partial charge in [-0.25, -0.2) is 0 Å². The molecule has 0 unspecified atom stereocenters. The van der Waals surface area contributed by atoms with Crippen molar-refractivity contribution >= 4 is 12.0 Å². The number of hydrogen-bond donors (Lipinski definition) is 0. The highest BCUT2D eigenvalue weighted by molar-refractivity contribution is 5.65. The van der Waals surface area contributed by atoms with E-state index in [1.807, 2.05) is 24.3 Å². The smallest absolute Gasteiger partial charge is 0.302 e. The Balaban J connectivity index is 2.07.